The molecule has 3 aromatic rings. The van der Waals surface area contributed by atoms with Crippen LogP contribution in [0.25, 0.3) is 0 Å². The summed E-state index contributed by atoms with van der Waals surface area (Å²) in [5.41, 5.74) is 2.01. The minimum absolute atomic E-state index is 0.0713. The van der Waals surface area contributed by atoms with E-state index in [1.54, 1.807) is 60.7 Å². The van der Waals surface area contributed by atoms with E-state index >= 15 is 0 Å². The lowest BCUT2D eigenvalue weighted by Gasteiger charge is -2.34. The van der Waals surface area contributed by atoms with Crippen LogP contribution >= 0.6 is 0 Å². The van der Waals surface area contributed by atoms with Crippen molar-refractivity contribution in [2.45, 2.75) is 23.3 Å². The summed E-state index contributed by atoms with van der Waals surface area (Å²) in [6, 6.07) is 19.6. The molecular formula is C24H23N3O5S. The fourth-order valence-electron chi connectivity index (χ4n) is 3.89. The van der Waals surface area contributed by atoms with E-state index in [4.69, 9.17) is 0 Å². The molecule has 1 saturated heterocycles. The van der Waals surface area contributed by atoms with Crippen LogP contribution in [-0.2, 0) is 21.2 Å². The van der Waals surface area contributed by atoms with Crippen LogP contribution in [0.1, 0.15) is 11.1 Å². The van der Waals surface area contributed by atoms with Crippen LogP contribution in [0, 0.1) is 17.0 Å². The Kier molecular flexibility index (Phi) is 6.26. The maximum Gasteiger partial charge on any atom is 0.271 e. The number of piperazine rings is 1. The van der Waals surface area contributed by atoms with Gasteiger partial charge in [0.1, 0.15) is 0 Å². The zero-order valence-corrected chi connectivity index (χ0v) is 18.9. The van der Waals surface area contributed by atoms with Crippen molar-refractivity contribution in [1.29, 1.82) is 0 Å². The Labute approximate surface area is 192 Å². The molecule has 170 valence electrons. The first kappa shape index (κ1) is 22.6. The van der Waals surface area contributed by atoms with E-state index in [9.17, 15) is 23.3 Å². The molecule has 33 heavy (non-hydrogen) atoms. The highest BCUT2D eigenvalue weighted by atomic mass is 32.2. The van der Waals surface area contributed by atoms with E-state index in [1.807, 2.05) is 11.8 Å². The van der Waals surface area contributed by atoms with Gasteiger partial charge in [0, 0.05) is 31.8 Å². The van der Waals surface area contributed by atoms with Gasteiger partial charge in [-0.3, -0.25) is 19.8 Å². The second kappa shape index (κ2) is 9.13. The Morgan fingerprint density at radius 2 is 1.70 bits per heavy atom. The molecule has 0 atom stereocenters. The normalized spacial score (nSPS) is 14.9. The molecule has 0 bridgehead atoms. The highest BCUT2D eigenvalue weighted by molar-refractivity contribution is 7.91. The first-order chi connectivity index (χ1) is 15.8. The second-order valence-electron chi connectivity index (χ2n) is 7.96. The molecular weight excluding hydrogens is 442 g/mol. The molecule has 1 fully saturated rings. The van der Waals surface area contributed by atoms with Crippen LogP contribution in [0.5, 0.6) is 0 Å². The Bertz CT molecular complexity index is 1310. The van der Waals surface area contributed by atoms with Crippen LogP contribution in [0.15, 0.2) is 82.6 Å². The molecule has 1 heterocycles. The lowest BCUT2D eigenvalue weighted by molar-refractivity contribution is -0.384. The average molecular weight is 466 g/mol. The highest BCUT2D eigenvalue weighted by Crippen LogP contribution is 2.27. The van der Waals surface area contributed by atoms with Gasteiger partial charge < -0.3 is 4.90 Å². The Hall–Kier alpha value is -3.56. The number of nitro benzene ring substituents is 1. The summed E-state index contributed by atoms with van der Waals surface area (Å²) in [6.07, 6.45) is 0. The van der Waals surface area contributed by atoms with E-state index in [1.165, 1.54) is 17.0 Å². The number of sulfone groups is 1. The number of nitrogens with zero attached hydrogens (tertiary/aromatic N) is 3. The van der Waals surface area contributed by atoms with E-state index in [0.29, 0.717) is 30.9 Å². The molecule has 0 radical (unpaired) electrons. The molecule has 0 N–H and O–H groups in total. The van der Waals surface area contributed by atoms with Crippen molar-refractivity contribution >= 4 is 27.1 Å². The van der Waals surface area contributed by atoms with Gasteiger partial charge in [-0.25, -0.2) is 8.42 Å². The Morgan fingerprint density at radius 1 is 0.970 bits per heavy atom. The maximum atomic E-state index is 13.2. The van der Waals surface area contributed by atoms with Crippen LogP contribution in [0.2, 0.25) is 0 Å². The van der Waals surface area contributed by atoms with Crippen molar-refractivity contribution in [2.24, 2.45) is 0 Å². The Morgan fingerprint density at radius 3 is 2.39 bits per heavy atom. The maximum absolute atomic E-state index is 13.2. The third kappa shape index (κ3) is 4.79. The van der Waals surface area contributed by atoms with Gasteiger partial charge >= 0.3 is 0 Å². The molecule has 0 aliphatic carbocycles. The largest absolute Gasteiger partial charge is 0.310 e. The number of non-ortho nitro benzene ring substituents is 1. The number of amides is 1. The van der Waals surface area contributed by atoms with Gasteiger partial charge in [-0.2, -0.15) is 0 Å². The molecule has 1 aliphatic heterocycles. The number of carbonyl (C=O) groups excluding carboxylic acids is 1. The van der Waals surface area contributed by atoms with Crippen molar-refractivity contribution in [3.05, 3.63) is 94.0 Å². The molecule has 3 aromatic carbocycles. The zero-order chi connectivity index (χ0) is 23.6. The third-order valence-corrected chi connectivity index (χ3v) is 7.51. The third-order valence-electron chi connectivity index (χ3n) is 5.64. The quantitative estimate of drug-likeness (QED) is 0.407. The number of hydrogen-bond donors (Lipinski definition) is 0. The summed E-state index contributed by atoms with van der Waals surface area (Å²) in [5.74, 6) is -0.194. The van der Waals surface area contributed by atoms with Gasteiger partial charge in [0.2, 0.25) is 15.7 Å². The van der Waals surface area contributed by atoms with Gasteiger partial charge in [-0.1, -0.05) is 42.0 Å². The van der Waals surface area contributed by atoms with E-state index < -0.39 is 14.8 Å². The number of carbonyl (C=O) groups is 1. The van der Waals surface area contributed by atoms with Crippen molar-refractivity contribution in [3.8, 4) is 0 Å². The molecule has 1 amide bonds. The molecule has 1 aliphatic rings. The van der Waals surface area contributed by atoms with Crippen LogP contribution in [0.4, 0.5) is 11.4 Å². The molecule has 0 saturated carbocycles. The van der Waals surface area contributed by atoms with Gasteiger partial charge in [0.15, 0.2) is 0 Å². The van der Waals surface area contributed by atoms with Crippen LogP contribution in [-0.4, -0.2) is 43.8 Å². The predicted octanol–water partition coefficient (Wildman–Crippen LogP) is 3.58. The van der Waals surface area contributed by atoms with Crippen molar-refractivity contribution in [2.75, 3.05) is 24.5 Å². The first-order valence-electron chi connectivity index (χ1n) is 10.4. The smallest absolute Gasteiger partial charge is 0.271 e. The second-order valence-corrected chi connectivity index (χ2v) is 9.88. The Balaban J connectivity index is 1.53. The average Bonchev–Trinajstić information content (AvgIpc) is 2.80. The van der Waals surface area contributed by atoms with Crippen LogP contribution < -0.4 is 4.90 Å². The standard InChI is InChI=1S/C24H23N3O5S/c1-18-9-11-22(12-10-18)33(31,32)23-8-3-2-5-19(23)16-25-13-14-26(24(28)17-25)20-6-4-7-21(15-20)27(29)30/h2-12,15H,13-14,16-17H2,1H3. The van der Waals surface area contributed by atoms with E-state index in [2.05, 4.69) is 0 Å². The van der Waals surface area contributed by atoms with E-state index in [0.717, 1.165) is 5.56 Å². The number of benzene rings is 3. The summed E-state index contributed by atoms with van der Waals surface area (Å²) in [6.45, 7) is 3.15. The number of hydrogen-bond acceptors (Lipinski definition) is 6. The topological polar surface area (TPSA) is 101 Å². The molecule has 4 rings (SSSR count). The highest BCUT2D eigenvalue weighted by Gasteiger charge is 2.28. The minimum atomic E-state index is -3.70. The number of rotatable bonds is 6. The number of nitro groups is 1. The summed E-state index contributed by atoms with van der Waals surface area (Å²) < 4.78 is 26.5. The molecule has 0 spiro atoms. The van der Waals surface area contributed by atoms with Gasteiger partial charge in [0.25, 0.3) is 5.69 Å². The zero-order valence-electron chi connectivity index (χ0n) is 18.0. The van der Waals surface area contributed by atoms with Gasteiger partial charge in [-0.05, 0) is 36.8 Å². The van der Waals surface area contributed by atoms with Crippen molar-refractivity contribution < 1.29 is 18.1 Å². The lowest BCUT2D eigenvalue weighted by Crippen LogP contribution is -2.50. The van der Waals surface area contributed by atoms with Crippen molar-refractivity contribution in [3.63, 3.8) is 0 Å². The van der Waals surface area contributed by atoms with Crippen molar-refractivity contribution in [1.82, 2.24) is 4.90 Å². The predicted molar refractivity (Wildman–Crippen MR) is 124 cm³/mol. The molecule has 8 nitrogen and oxygen atoms in total. The molecule has 9 heteroatoms. The first-order valence-corrected chi connectivity index (χ1v) is 11.9. The summed E-state index contributed by atoms with van der Waals surface area (Å²) >= 11 is 0. The molecule has 0 aromatic heterocycles. The fraction of sp³-hybridized carbons (Fsp3) is 0.208. The number of aryl methyl sites for hydroxylation is 1. The fourth-order valence-corrected chi connectivity index (χ4v) is 5.37. The molecule has 0 unspecified atom stereocenters. The summed E-state index contributed by atoms with van der Waals surface area (Å²) in [7, 11) is -3.70. The lowest BCUT2D eigenvalue weighted by atomic mass is 10.1. The minimum Gasteiger partial charge on any atom is -0.310 e. The van der Waals surface area contributed by atoms with Gasteiger partial charge in [0.05, 0.1) is 26.9 Å². The van der Waals surface area contributed by atoms with Gasteiger partial charge in [-0.15, -0.1) is 0 Å². The SMILES string of the molecule is Cc1ccc(S(=O)(=O)c2ccccc2CN2CCN(c3cccc([N+](=O)[O-])c3)C(=O)C2)cc1. The summed E-state index contributed by atoms with van der Waals surface area (Å²) in [5, 5.41) is 11.0. The summed E-state index contributed by atoms with van der Waals surface area (Å²) in [4.78, 5) is 27.2. The number of anilines is 1. The monoisotopic (exact) mass is 465 g/mol. The van der Waals surface area contributed by atoms with Crippen LogP contribution in [0.3, 0.4) is 0 Å². The van der Waals surface area contributed by atoms with E-state index in [-0.39, 0.29) is 27.9 Å².